The summed E-state index contributed by atoms with van der Waals surface area (Å²) < 4.78 is 0. The lowest BCUT2D eigenvalue weighted by molar-refractivity contribution is -0.127. The van der Waals surface area contributed by atoms with Gasteiger partial charge in [-0.1, -0.05) is 6.42 Å². The van der Waals surface area contributed by atoms with Gasteiger partial charge >= 0.3 is 0 Å². The van der Waals surface area contributed by atoms with Gasteiger partial charge in [-0.15, -0.1) is 0 Å². The summed E-state index contributed by atoms with van der Waals surface area (Å²) in [5.74, 6) is -2.07. The highest BCUT2D eigenvalue weighted by Gasteiger charge is 2.15. The van der Waals surface area contributed by atoms with E-state index in [4.69, 9.17) is 11.5 Å². The standard InChI is InChI=1S/C15H28N6O5S/c16-6-12(23)19-8-14(25)20-7-13(24)18-5-3-1-2-4-11(22)21-10(9-27)15(17)26/h10,27H,1-9,16H2,(H2,17,26)(H,18,24)(H,19,23)(H,20,25)(H,21,22). The predicted octanol–water partition coefficient (Wildman–Crippen LogP) is -3.25. The fourth-order valence-electron chi connectivity index (χ4n) is 1.84. The average Bonchev–Trinajstić information content (AvgIpc) is 2.64. The average molecular weight is 404 g/mol. The molecule has 5 amide bonds. The quantitative estimate of drug-likeness (QED) is 0.118. The summed E-state index contributed by atoms with van der Waals surface area (Å²) in [6, 6.07) is -0.779. The Morgan fingerprint density at radius 3 is 1.96 bits per heavy atom. The summed E-state index contributed by atoms with van der Waals surface area (Å²) in [4.78, 5) is 56.4. The zero-order chi connectivity index (χ0) is 20.7. The van der Waals surface area contributed by atoms with Crippen molar-refractivity contribution in [2.45, 2.75) is 31.7 Å². The van der Waals surface area contributed by atoms with Gasteiger partial charge in [0.15, 0.2) is 0 Å². The van der Waals surface area contributed by atoms with Crippen LogP contribution >= 0.6 is 12.6 Å². The van der Waals surface area contributed by atoms with Crippen molar-refractivity contribution in [1.29, 1.82) is 0 Å². The third kappa shape index (κ3) is 13.5. The molecule has 0 saturated carbocycles. The number of thiol groups is 1. The van der Waals surface area contributed by atoms with E-state index in [1.54, 1.807) is 0 Å². The molecule has 27 heavy (non-hydrogen) atoms. The van der Waals surface area contributed by atoms with Crippen molar-refractivity contribution in [1.82, 2.24) is 21.3 Å². The Bertz CT molecular complexity index is 531. The summed E-state index contributed by atoms with van der Waals surface area (Å²) in [7, 11) is 0. The van der Waals surface area contributed by atoms with Crippen LogP contribution in [0.25, 0.3) is 0 Å². The highest BCUT2D eigenvalue weighted by molar-refractivity contribution is 7.80. The van der Waals surface area contributed by atoms with Crippen LogP contribution in [0.3, 0.4) is 0 Å². The normalized spacial score (nSPS) is 11.2. The second-order valence-electron chi connectivity index (χ2n) is 5.62. The molecule has 0 radical (unpaired) electrons. The van der Waals surface area contributed by atoms with E-state index in [2.05, 4.69) is 33.9 Å². The third-order valence-corrected chi connectivity index (χ3v) is 3.71. The first-order valence-corrected chi connectivity index (χ1v) is 9.13. The van der Waals surface area contributed by atoms with E-state index >= 15 is 0 Å². The Labute approximate surface area is 163 Å². The molecule has 0 aliphatic heterocycles. The number of carbonyl (C=O) groups is 5. The molecule has 1 unspecified atom stereocenters. The van der Waals surface area contributed by atoms with Crippen molar-refractivity contribution in [2.75, 3.05) is 31.9 Å². The van der Waals surface area contributed by atoms with Crippen molar-refractivity contribution in [2.24, 2.45) is 11.5 Å². The van der Waals surface area contributed by atoms with Gasteiger partial charge in [0.1, 0.15) is 6.04 Å². The van der Waals surface area contributed by atoms with E-state index in [1.807, 2.05) is 0 Å². The maximum Gasteiger partial charge on any atom is 0.240 e. The predicted molar refractivity (Wildman–Crippen MR) is 102 cm³/mol. The van der Waals surface area contributed by atoms with Gasteiger partial charge in [0.25, 0.3) is 0 Å². The molecule has 0 heterocycles. The monoisotopic (exact) mass is 404 g/mol. The summed E-state index contributed by atoms with van der Waals surface area (Å²) in [6.45, 7) is -0.246. The fourth-order valence-corrected chi connectivity index (χ4v) is 2.11. The molecular weight excluding hydrogens is 376 g/mol. The molecule has 0 bridgehead atoms. The van der Waals surface area contributed by atoms with Crippen LogP contribution in [0.2, 0.25) is 0 Å². The van der Waals surface area contributed by atoms with E-state index in [0.717, 1.165) is 0 Å². The van der Waals surface area contributed by atoms with E-state index in [1.165, 1.54) is 0 Å². The van der Waals surface area contributed by atoms with Crippen LogP contribution in [0.5, 0.6) is 0 Å². The molecule has 11 nitrogen and oxygen atoms in total. The van der Waals surface area contributed by atoms with Crippen molar-refractivity contribution in [3.63, 3.8) is 0 Å². The smallest absolute Gasteiger partial charge is 0.240 e. The lowest BCUT2D eigenvalue weighted by Crippen LogP contribution is -2.45. The number of hydrogen-bond donors (Lipinski definition) is 7. The zero-order valence-electron chi connectivity index (χ0n) is 15.1. The van der Waals surface area contributed by atoms with Gasteiger partial charge < -0.3 is 32.7 Å². The van der Waals surface area contributed by atoms with E-state index in [0.29, 0.717) is 25.8 Å². The van der Waals surface area contributed by atoms with Crippen molar-refractivity contribution < 1.29 is 24.0 Å². The number of unbranched alkanes of at least 4 members (excludes halogenated alkanes) is 2. The highest BCUT2D eigenvalue weighted by atomic mass is 32.1. The van der Waals surface area contributed by atoms with E-state index < -0.39 is 23.8 Å². The first kappa shape index (κ1) is 24.7. The number of rotatable bonds is 14. The van der Waals surface area contributed by atoms with Crippen LogP contribution in [-0.2, 0) is 24.0 Å². The van der Waals surface area contributed by atoms with Crippen LogP contribution in [0.15, 0.2) is 0 Å². The first-order chi connectivity index (χ1) is 12.8. The molecule has 0 spiro atoms. The molecule has 0 aliphatic rings. The molecule has 1 atom stereocenters. The van der Waals surface area contributed by atoms with Crippen molar-refractivity contribution in [3.8, 4) is 0 Å². The van der Waals surface area contributed by atoms with Gasteiger partial charge in [-0.25, -0.2) is 0 Å². The minimum absolute atomic E-state index is 0.142. The summed E-state index contributed by atoms with van der Waals surface area (Å²) in [5.41, 5.74) is 10.2. The second-order valence-corrected chi connectivity index (χ2v) is 5.99. The fraction of sp³-hybridized carbons (Fsp3) is 0.667. The molecule has 0 rings (SSSR count). The zero-order valence-corrected chi connectivity index (χ0v) is 16.0. The topological polar surface area (TPSA) is 186 Å². The molecule has 154 valence electrons. The SMILES string of the molecule is NCC(=O)NCC(=O)NCC(=O)NCCCCCC(=O)NC(CS)C(N)=O. The number of nitrogens with one attached hydrogen (secondary N) is 4. The lowest BCUT2D eigenvalue weighted by Gasteiger charge is -2.12. The Morgan fingerprint density at radius 1 is 0.815 bits per heavy atom. The number of primary amides is 1. The Morgan fingerprint density at radius 2 is 1.41 bits per heavy atom. The Kier molecular flexibility index (Phi) is 13.5. The van der Waals surface area contributed by atoms with Gasteiger partial charge in [0.05, 0.1) is 19.6 Å². The number of nitrogens with two attached hydrogens (primary N) is 2. The summed E-state index contributed by atoms with van der Waals surface area (Å²) in [6.07, 6.45) is 2.20. The minimum Gasteiger partial charge on any atom is -0.368 e. The van der Waals surface area contributed by atoms with Crippen LogP contribution in [0.4, 0.5) is 0 Å². The highest BCUT2D eigenvalue weighted by Crippen LogP contribution is 2.00. The maximum atomic E-state index is 11.6. The molecule has 8 N–H and O–H groups in total. The molecular formula is C15H28N6O5S. The van der Waals surface area contributed by atoms with Gasteiger partial charge in [-0.05, 0) is 12.8 Å². The lowest BCUT2D eigenvalue weighted by atomic mass is 10.2. The van der Waals surface area contributed by atoms with Crippen LogP contribution in [0.1, 0.15) is 25.7 Å². The van der Waals surface area contributed by atoms with Crippen LogP contribution in [0, 0.1) is 0 Å². The third-order valence-electron chi connectivity index (χ3n) is 3.34. The van der Waals surface area contributed by atoms with Crippen molar-refractivity contribution in [3.05, 3.63) is 0 Å². The molecule has 0 aliphatic carbocycles. The van der Waals surface area contributed by atoms with E-state index in [-0.39, 0.29) is 43.6 Å². The molecule has 0 saturated heterocycles. The molecule has 0 aromatic heterocycles. The molecule has 0 aromatic carbocycles. The number of carbonyl (C=O) groups excluding carboxylic acids is 5. The minimum atomic E-state index is -0.779. The Balaban J connectivity index is 3.68. The number of hydrogen-bond acceptors (Lipinski definition) is 7. The number of amides is 5. The molecule has 0 fully saturated rings. The van der Waals surface area contributed by atoms with Gasteiger partial charge in [-0.3, -0.25) is 24.0 Å². The van der Waals surface area contributed by atoms with E-state index in [9.17, 15) is 24.0 Å². The van der Waals surface area contributed by atoms with Crippen LogP contribution in [-0.4, -0.2) is 67.5 Å². The van der Waals surface area contributed by atoms with Gasteiger partial charge in [0.2, 0.25) is 29.5 Å². The van der Waals surface area contributed by atoms with Crippen molar-refractivity contribution >= 4 is 42.2 Å². The summed E-state index contributed by atoms with van der Waals surface area (Å²) in [5, 5.41) is 9.76. The molecule has 0 aromatic rings. The van der Waals surface area contributed by atoms with Gasteiger partial charge in [0, 0.05) is 18.7 Å². The van der Waals surface area contributed by atoms with Gasteiger partial charge in [-0.2, -0.15) is 12.6 Å². The molecule has 12 heteroatoms. The Hall–Kier alpha value is -2.34. The first-order valence-electron chi connectivity index (χ1n) is 8.49. The maximum absolute atomic E-state index is 11.6. The summed E-state index contributed by atoms with van der Waals surface area (Å²) >= 11 is 3.94. The van der Waals surface area contributed by atoms with Crippen LogP contribution < -0.4 is 32.7 Å². The largest absolute Gasteiger partial charge is 0.368 e. The second kappa shape index (κ2) is 14.8.